The molecular formula is C18H21NO4S. The van der Waals surface area contributed by atoms with E-state index in [0.29, 0.717) is 40.1 Å². The van der Waals surface area contributed by atoms with Gasteiger partial charge in [0.05, 0.1) is 24.5 Å². The molecule has 0 amide bonds. The second-order valence-corrected chi connectivity index (χ2v) is 6.23. The third-order valence-electron chi connectivity index (χ3n) is 3.40. The Hall–Kier alpha value is -2.21. The number of aryl methyl sites for hydroxylation is 1. The predicted molar refractivity (Wildman–Crippen MR) is 94.0 cm³/mol. The summed E-state index contributed by atoms with van der Waals surface area (Å²) in [6.07, 6.45) is 2.75. The van der Waals surface area contributed by atoms with Crippen LogP contribution in [0.1, 0.15) is 52.4 Å². The highest BCUT2D eigenvalue weighted by Crippen LogP contribution is 2.31. The summed E-state index contributed by atoms with van der Waals surface area (Å²) < 4.78 is 10.7. The van der Waals surface area contributed by atoms with Crippen molar-refractivity contribution in [2.45, 2.75) is 33.6 Å². The first-order valence-corrected chi connectivity index (χ1v) is 8.79. The van der Waals surface area contributed by atoms with Gasteiger partial charge in [-0.1, -0.05) is 13.3 Å². The number of rotatable bonds is 8. The summed E-state index contributed by atoms with van der Waals surface area (Å²) in [6.45, 7) is 6.53. The molecule has 0 unspecified atom stereocenters. The van der Waals surface area contributed by atoms with E-state index in [9.17, 15) is 9.59 Å². The van der Waals surface area contributed by atoms with Crippen molar-refractivity contribution in [2.75, 3.05) is 13.2 Å². The normalized spacial score (nSPS) is 10.5. The fourth-order valence-electron chi connectivity index (χ4n) is 2.14. The molecule has 0 radical (unpaired) electrons. The van der Waals surface area contributed by atoms with Gasteiger partial charge in [0.25, 0.3) is 0 Å². The number of unbranched alkanes of at least 4 members (excludes halogenated alkanes) is 1. The molecule has 0 saturated carbocycles. The molecule has 128 valence electrons. The SMILES string of the molecule is CCCCOc1ccc(-c2nc(C)c(C(=O)OCC)s2)cc1C=O. The van der Waals surface area contributed by atoms with Gasteiger partial charge in [-0.15, -0.1) is 11.3 Å². The van der Waals surface area contributed by atoms with Crippen LogP contribution in [0.4, 0.5) is 0 Å². The zero-order valence-electron chi connectivity index (χ0n) is 14.1. The van der Waals surface area contributed by atoms with Gasteiger partial charge in [-0.2, -0.15) is 0 Å². The summed E-state index contributed by atoms with van der Waals surface area (Å²) in [4.78, 5) is 28.2. The highest BCUT2D eigenvalue weighted by atomic mass is 32.1. The van der Waals surface area contributed by atoms with Crippen LogP contribution in [0.2, 0.25) is 0 Å². The highest BCUT2D eigenvalue weighted by Gasteiger charge is 2.18. The van der Waals surface area contributed by atoms with Crippen LogP contribution in [-0.2, 0) is 4.74 Å². The Morgan fingerprint density at radius 3 is 2.79 bits per heavy atom. The highest BCUT2D eigenvalue weighted by molar-refractivity contribution is 7.17. The predicted octanol–water partition coefficient (Wildman–Crippen LogP) is 4.29. The first kappa shape index (κ1) is 18.1. The number of carbonyl (C=O) groups excluding carboxylic acids is 2. The lowest BCUT2D eigenvalue weighted by atomic mass is 10.1. The van der Waals surface area contributed by atoms with E-state index in [1.807, 2.05) is 6.07 Å². The van der Waals surface area contributed by atoms with Crippen molar-refractivity contribution >= 4 is 23.6 Å². The van der Waals surface area contributed by atoms with E-state index >= 15 is 0 Å². The first-order valence-electron chi connectivity index (χ1n) is 7.97. The summed E-state index contributed by atoms with van der Waals surface area (Å²) in [5, 5.41) is 0.679. The standard InChI is InChI=1S/C18H21NO4S/c1-4-6-9-23-15-8-7-13(10-14(15)11-20)17-19-12(3)16(24-17)18(21)22-5-2/h7-8,10-11H,4-6,9H2,1-3H3. The largest absolute Gasteiger partial charge is 0.493 e. The zero-order chi connectivity index (χ0) is 17.5. The Balaban J connectivity index is 2.27. The third-order valence-corrected chi connectivity index (χ3v) is 4.58. The molecule has 0 saturated heterocycles. The number of nitrogens with zero attached hydrogens (tertiary/aromatic N) is 1. The number of aromatic nitrogens is 1. The van der Waals surface area contributed by atoms with Crippen molar-refractivity contribution in [1.82, 2.24) is 4.98 Å². The number of ether oxygens (including phenoxy) is 2. The smallest absolute Gasteiger partial charge is 0.350 e. The molecule has 0 N–H and O–H groups in total. The van der Waals surface area contributed by atoms with Crippen molar-refractivity contribution in [3.05, 3.63) is 34.3 Å². The summed E-state index contributed by atoms with van der Waals surface area (Å²) in [5.74, 6) is 0.204. The Morgan fingerprint density at radius 1 is 1.33 bits per heavy atom. The average molecular weight is 347 g/mol. The fourth-order valence-corrected chi connectivity index (χ4v) is 3.09. The lowest BCUT2D eigenvalue weighted by Crippen LogP contribution is -2.03. The van der Waals surface area contributed by atoms with Crippen LogP contribution >= 0.6 is 11.3 Å². The maximum atomic E-state index is 11.9. The number of aldehydes is 1. The van der Waals surface area contributed by atoms with Gasteiger partial charge in [0.2, 0.25) is 0 Å². The van der Waals surface area contributed by atoms with Gasteiger partial charge in [0, 0.05) is 5.56 Å². The summed E-state index contributed by atoms with van der Waals surface area (Å²) >= 11 is 1.26. The lowest BCUT2D eigenvalue weighted by Gasteiger charge is -2.08. The average Bonchev–Trinajstić information content (AvgIpc) is 2.97. The van der Waals surface area contributed by atoms with Crippen LogP contribution in [0, 0.1) is 6.92 Å². The summed E-state index contributed by atoms with van der Waals surface area (Å²) in [7, 11) is 0. The van der Waals surface area contributed by atoms with Crippen LogP contribution in [0.5, 0.6) is 5.75 Å². The van der Waals surface area contributed by atoms with Crippen molar-refractivity contribution in [3.63, 3.8) is 0 Å². The van der Waals surface area contributed by atoms with Crippen molar-refractivity contribution < 1.29 is 19.1 Å². The van der Waals surface area contributed by atoms with Crippen LogP contribution in [0.25, 0.3) is 10.6 Å². The first-order chi connectivity index (χ1) is 11.6. The Morgan fingerprint density at radius 2 is 2.12 bits per heavy atom. The molecule has 0 fully saturated rings. The number of thiazole rings is 1. The number of hydrogen-bond donors (Lipinski definition) is 0. The minimum absolute atomic E-state index is 0.324. The molecule has 24 heavy (non-hydrogen) atoms. The fraction of sp³-hybridized carbons (Fsp3) is 0.389. The number of esters is 1. The monoisotopic (exact) mass is 347 g/mol. The molecule has 0 aliphatic carbocycles. The van der Waals surface area contributed by atoms with E-state index in [-0.39, 0.29) is 5.97 Å². The van der Waals surface area contributed by atoms with E-state index in [2.05, 4.69) is 11.9 Å². The second-order valence-electron chi connectivity index (χ2n) is 5.23. The van der Waals surface area contributed by atoms with Gasteiger partial charge in [0.1, 0.15) is 15.6 Å². The van der Waals surface area contributed by atoms with Crippen LogP contribution in [0.3, 0.4) is 0 Å². The number of carbonyl (C=O) groups is 2. The topological polar surface area (TPSA) is 65.5 Å². The molecule has 0 aliphatic rings. The molecule has 0 bridgehead atoms. The third kappa shape index (κ3) is 4.20. The van der Waals surface area contributed by atoms with Gasteiger partial charge in [0.15, 0.2) is 6.29 Å². The molecular weight excluding hydrogens is 326 g/mol. The van der Waals surface area contributed by atoms with Gasteiger partial charge < -0.3 is 9.47 Å². The van der Waals surface area contributed by atoms with Crippen molar-refractivity contribution in [2.24, 2.45) is 0 Å². The van der Waals surface area contributed by atoms with Gasteiger partial charge in [-0.05, 0) is 38.5 Å². The van der Waals surface area contributed by atoms with E-state index in [0.717, 1.165) is 24.7 Å². The van der Waals surface area contributed by atoms with Crippen LogP contribution < -0.4 is 4.74 Å². The van der Waals surface area contributed by atoms with E-state index in [1.54, 1.807) is 26.0 Å². The minimum atomic E-state index is -0.367. The lowest BCUT2D eigenvalue weighted by molar-refractivity contribution is 0.0531. The minimum Gasteiger partial charge on any atom is -0.493 e. The van der Waals surface area contributed by atoms with E-state index < -0.39 is 0 Å². The molecule has 1 heterocycles. The van der Waals surface area contributed by atoms with E-state index in [1.165, 1.54) is 11.3 Å². The molecule has 0 spiro atoms. The quantitative estimate of drug-likeness (QED) is 0.405. The molecule has 1 aromatic heterocycles. The second kappa shape index (κ2) is 8.59. The van der Waals surface area contributed by atoms with Crippen LogP contribution in [-0.4, -0.2) is 30.5 Å². The maximum Gasteiger partial charge on any atom is 0.350 e. The Labute approximate surface area is 145 Å². The maximum absolute atomic E-state index is 11.9. The molecule has 2 aromatic rings. The van der Waals surface area contributed by atoms with Crippen molar-refractivity contribution in [1.29, 1.82) is 0 Å². The Bertz CT molecular complexity index is 724. The zero-order valence-corrected chi connectivity index (χ0v) is 14.9. The number of hydrogen-bond acceptors (Lipinski definition) is 6. The molecule has 0 atom stereocenters. The van der Waals surface area contributed by atoms with Crippen LogP contribution in [0.15, 0.2) is 18.2 Å². The van der Waals surface area contributed by atoms with Gasteiger partial charge >= 0.3 is 5.97 Å². The number of benzene rings is 1. The van der Waals surface area contributed by atoms with Crippen molar-refractivity contribution in [3.8, 4) is 16.3 Å². The molecule has 1 aromatic carbocycles. The van der Waals surface area contributed by atoms with Gasteiger partial charge in [-0.25, -0.2) is 9.78 Å². The Kier molecular flexibility index (Phi) is 6.49. The summed E-state index contributed by atoms with van der Waals surface area (Å²) in [5.41, 5.74) is 1.89. The molecule has 0 aliphatic heterocycles. The molecule has 5 nitrogen and oxygen atoms in total. The van der Waals surface area contributed by atoms with E-state index in [4.69, 9.17) is 9.47 Å². The van der Waals surface area contributed by atoms with Gasteiger partial charge in [-0.3, -0.25) is 4.79 Å². The summed E-state index contributed by atoms with van der Waals surface area (Å²) in [6, 6.07) is 5.36. The molecule has 2 rings (SSSR count). The molecule has 6 heteroatoms.